The van der Waals surface area contributed by atoms with Crippen LogP contribution in [0.1, 0.15) is 24.3 Å². The minimum absolute atomic E-state index is 0.0624. The van der Waals surface area contributed by atoms with Gasteiger partial charge in [0.05, 0.1) is 19.8 Å². The maximum atomic E-state index is 14.1. The molecule has 5 heteroatoms. The summed E-state index contributed by atoms with van der Waals surface area (Å²) in [7, 11) is 1.40. The molecule has 0 aliphatic carbocycles. The Morgan fingerprint density at radius 2 is 1.65 bits per heavy atom. The van der Waals surface area contributed by atoms with Crippen molar-refractivity contribution in [3.63, 3.8) is 0 Å². The highest BCUT2D eigenvalue weighted by atomic mass is 19.1. The molecule has 0 aromatic heterocycles. The van der Waals surface area contributed by atoms with Crippen molar-refractivity contribution in [1.82, 2.24) is 0 Å². The van der Waals surface area contributed by atoms with Crippen LogP contribution in [0.25, 0.3) is 11.1 Å². The van der Waals surface area contributed by atoms with Gasteiger partial charge < -0.3 is 14.2 Å². The van der Waals surface area contributed by atoms with E-state index in [2.05, 4.69) is 6.08 Å². The van der Waals surface area contributed by atoms with Crippen molar-refractivity contribution in [2.75, 3.05) is 20.3 Å². The van der Waals surface area contributed by atoms with E-state index < -0.39 is 17.9 Å². The molecule has 138 valence electrons. The lowest BCUT2D eigenvalue weighted by molar-refractivity contribution is -0.197. The highest BCUT2D eigenvalue weighted by Crippen LogP contribution is 2.29. The summed E-state index contributed by atoms with van der Waals surface area (Å²) in [6, 6.07) is 9.97. The van der Waals surface area contributed by atoms with Gasteiger partial charge in [0.25, 0.3) is 0 Å². The second-order valence-corrected chi connectivity index (χ2v) is 6.26. The molecule has 1 saturated heterocycles. The molecule has 26 heavy (non-hydrogen) atoms. The van der Waals surface area contributed by atoms with Gasteiger partial charge in [-0.05, 0) is 30.2 Å². The molecule has 3 nitrogen and oxygen atoms in total. The Morgan fingerprint density at radius 1 is 1.04 bits per heavy atom. The normalized spacial score (nSPS) is 20.6. The molecule has 2 aromatic rings. The first-order chi connectivity index (χ1) is 12.6. The van der Waals surface area contributed by atoms with E-state index in [1.807, 2.05) is 37.3 Å². The second kappa shape index (κ2) is 8.54. The van der Waals surface area contributed by atoms with Crippen molar-refractivity contribution < 1.29 is 23.0 Å². The predicted octanol–water partition coefficient (Wildman–Crippen LogP) is 5.02. The van der Waals surface area contributed by atoms with E-state index in [1.165, 1.54) is 19.2 Å². The van der Waals surface area contributed by atoms with Gasteiger partial charge in [0.2, 0.25) is 0 Å². The SMILES string of the molecule is C/C=C/C1COC(c2ccc(-c3cc(F)c(COC)c(F)c3)cc2)OC1. The highest BCUT2D eigenvalue weighted by molar-refractivity contribution is 5.64. The Balaban J connectivity index is 1.74. The van der Waals surface area contributed by atoms with Gasteiger partial charge in [-0.3, -0.25) is 0 Å². The number of allylic oxidation sites excluding steroid dienone is 1. The molecule has 1 fully saturated rings. The second-order valence-electron chi connectivity index (χ2n) is 6.26. The van der Waals surface area contributed by atoms with Crippen LogP contribution < -0.4 is 0 Å². The topological polar surface area (TPSA) is 27.7 Å². The first kappa shape index (κ1) is 18.7. The van der Waals surface area contributed by atoms with Crippen LogP contribution in [0.2, 0.25) is 0 Å². The molecule has 1 aliphatic rings. The van der Waals surface area contributed by atoms with Crippen molar-refractivity contribution in [1.29, 1.82) is 0 Å². The smallest absolute Gasteiger partial charge is 0.183 e. The molecular weight excluding hydrogens is 338 g/mol. The first-order valence-electron chi connectivity index (χ1n) is 8.55. The molecule has 0 amide bonds. The van der Waals surface area contributed by atoms with E-state index >= 15 is 0 Å². The number of ether oxygens (including phenoxy) is 3. The molecule has 0 unspecified atom stereocenters. The van der Waals surface area contributed by atoms with Gasteiger partial charge in [0.15, 0.2) is 6.29 Å². The molecule has 0 saturated carbocycles. The zero-order valence-electron chi connectivity index (χ0n) is 14.9. The number of hydrogen-bond donors (Lipinski definition) is 0. The number of benzene rings is 2. The van der Waals surface area contributed by atoms with Crippen LogP contribution in [0, 0.1) is 17.6 Å². The summed E-state index contributed by atoms with van der Waals surface area (Å²) >= 11 is 0. The standard InChI is InChI=1S/C21H22F2O3/c1-3-4-14-11-25-21(26-12-14)16-7-5-15(6-8-16)17-9-19(22)18(13-24-2)20(23)10-17/h3-10,14,21H,11-13H2,1-2H3/b4-3+. The maximum Gasteiger partial charge on any atom is 0.183 e. The summed E-state index contributed by atoms with van der Waals surface area (Å²) < 4.78 is 44.5. The molecule has 0 atom stereocenters. The Morgan fingerprint density at radius 3 is 2.19 bits per heavy atom. The summed E-state index contributed by atoms with van der Waals surface area (Å²) in [5.41, 5.74) is 2.01. The molecule has 0 bridgehead atoms. The average molecular weight is 360 g/mol. The fourth-order valence-corrected chi connectivity index (χ4v) is 2.98. The van der Waals surface area contributed by atoms with Gasteiger partial charge in [-0.15, -0.1) is 0 Å². The van der Waals surface area contributed by atoms with Gasteiger partial charge in [-0.1, -0.05) is 36.4 Å². The fourth-order valence-electron chi connectivity index (χ4n) is 2.98. The van der Waals surface area contributed by atoms with Gasteiger partial charge in [0.1, 0.15) is 11.6 Å². The van der Waals surface area contributed by atoms with Gasteiger partial charge >= 0.3 is 0 Å². The van der Waals surface area contributed by atoms with Gasteiger partial charge in [0, 0.05) is 24.2 Å². The van der Waals surface area contributed by atoms with Crippen LogP contribution in [0.4, 0.5) is 8.78 Å². The minimum atomic E-state index is -0.611. The van der Waals surface area contributed by atoms with Crippen LogP contribution in [0.5, 0.6) is 0 Å². The molecule has 3 rings (SSSR count). The molecule has 0 N–H and O–H groups in total. The van der Waals surface area contributed by atoms with Crippen molar-refractivity contribution in [3.05, 3.63) is 71.3 Å². The van der Waals surface area contributed by atoms with Gasteiger partial charge in [-0.2, -0.15) is 0 Å². The largest absolute Gasteiger partial charge is 0.380 e. The minimum Gasteiger partial charge on any atom is -0.380 e. The first-order valence-corrected chi connectivity index (χ1v) is 8.55. The molecular formula is C21H22F2O3. The third-order valence-electron chi connectivity index (χ3n) is 4.33. The molecule has 0 radical (unpaired) electrons. The Bertz CT molecular complexity index is 740. The van der Waals surface area contributed by atoms with Crippen LogP contribution in [-0.2, 0) is 20.8 Å². The van der Waals surface area contributed by atoms with Crippen LogP contribution >= 0.6 is 0 Å². The van der Waals surface area contributed by atoms with E-state index in [4.69, 9.17) is 14.2 Å². The molecule has 0 spiro atoms. The Hall–Kier alpha value is -2.08. The van der Waals surface area contributed by atoms with E-state index in [-0.39, 0.29) is 18.1 Å². The zero-order chi connectivity index (χ0) is 18.5. The number of hydrogen-bond acceptors (Lipinski definition) is 3. The number of halogens is 2. The maximum absolute atomic E-state index is 14.1. The van der Waals surface area contributed by atoms with Crippen LogP contribution in [0.3, 0.4) is 0 Å². The van der Waals surface area contributed by atoms with Crippen molar-refractivity contribution in [2.45, 2.75) is 19.8 Å². The van der Waals surface area contributed by atoms with Crippen LogP contribution in [-0.4, -0.2) is 20.3 Å². The quantitative estimate of drug-likeness (QED) is 0.701. The van der Waals surface area contributed by atoms with Crippen LogP contribution in [0.15, 0.2) is 48.6 Å². The van der Waals surface area contributed by atoms with Crippen molar-refractivity contribution in [2.24, 2.45) is 5.92 Å². The molecule has 1 heterocycles. The van der Waals surface area contributed by atoms with Crippen molar-refractivity contribution >= 4 is 0 Å². The Kier molecular flexibility index (Phi) is 6.14. The zero-order valence-corrected chi connectivity index (χ0v) is 14.9. The molecule has 1 aliphatic heterocycles. The average Bonchev–Trinajstić information content (AvgIpc) is 2.66. The Labute approximate surface area is 152 Å². The lowest BCUT2D eigenvalue weighted by Crippen LogP contribution is -2.25. The summed E-state index contributed by atoms with van der Waals surface area (Å²) in [5.74, 6) is -0.952. The predicted molar refractivity (Wildman–Crippen MR) is 95.5 cm³/mol. The summed E-state index contributed by atoms with van der Waals surface area (Å²) in [6.07, 6.45) is 3.64. The lowest BCUT2D eigenvalue weighted by atomic mass is 10.0. The highest BCUT2D eigenvalue weighted by Gasteiger charge is 2.22. The van der Waals surface area contributed by atoms with E-state index in [1.54, 1.807) is 0 Å². The monoisotopic (exact) mass is 360 g/mol. The fraction of sp³-hybridized carbons (Fsp3) is 0.333. The third kappa shape index (κ3) is 4.18. The third-order valence-corrected chi connectivity index (χ3v) is 4.33. The number of rotatable bonds is 5. The molecule has 2 aromatic carbocycles. The summed E-state index contributed by atoms with van der Waals surface area (Å²) in [4.78, 5) is 0. The van der Waals surface area contributed by atoms with Gasteiger partial charge in [-0.25, -0.2) is 8.78 Å². The number of methoxy groups -OCH3 is 1. The van der Waals surface area contributed by atoms with E-state index in [0.717, 1.165) is 11.1 Å². The lowest BCUT2D eigenvalue weighted by Gasteiger charge is -2.28. The summed E-state index contributed by atoms with van der Waals surface area (Å²) in [5, 5.41) is 0. The van der Waals surface area contributed by atoms with E-state index in [9.17, 15) is 8.78 Å². The summed E-state index contributed by atoms with van der Waals surface area (Å²) in [6.45, 7) is 3.09. The van der Waals surface area contributed by atoms with E-state index in [0.29, 0.717) is 18.8 Å². The van der Waals surface area contributed by atoms with Crippen molar-refractivity contribution in [3.8, 4) is 11.1 Å².